The average Bonchev–Trinajstić information content (AvgIpc) is 2.18. The molecule has 2 unspecified atom stereocenters. The van der Waals surface area contributed by atoms with Gasteiger partial charge in [-0.1, -0.05) is 0 Å². The van der Waals surface area contributed by atoms with Gasteiger partial charge in [-0.3, -0.25) is 0 Å². The van der Waals surface area contributed by atoms with E-state index in [9.17, 15) is 13.2 Å². The summed E-state index contributed by atoms with van der Waals surface area (Å²) in [5, 5.41) is 3.14. The van der Waals surface area contributed by atoms with Crippen LogP contribution in [0, 0.1) is 0 Å². The maximum absolute atomic E-state index is 12.5. The first-order valence-corrected chi connectivity index (χ1v) is 6.70. The lowest BCUT2D eigenvalue weighted by atomic mass is 10.1. The Balaban J connectivity index is 2.80. The minimum Gasteiger partial charge on any atom is -0.382 e. The second-order valence-electron chi connectivity index (χ2n) is 4.25. The Hall–Kier alpha value is -0.420. The van der Waals surface area contributed by atoms with Gasteiger partial charge in [-0.2, -0.15) is 13.2 Å². The molecule has 0 amide bonds. The summed E-state index contributed by atoms with van der Waals surface area (Å²) in [5.74, 6) is 0. The van der Waals surface area contributed by atoms with E-state index in [0.29, 0.717) is 10.2 Å². The van der Waals surface area contributed by atoms with E-state index in [1.807, 2.05) is 13.8 Å². The quantitative estimate of drug-likeness (QED) is 0.732. The zero-order valence-corrected chi connectivity index (χ0v) is 12.3. The molecule has 1 aromatic rings. The van der Waals surface area contributed by atoms with Crippen molar-refractivity contribution in [1.82, 2.24) is 0 Å². The fourth-order valence-corrected chi connectivity index (χ4v) is 2.38. The summed E-state index contributed by atoms with van der Waals surface area (Å²) in [6.45, 7) is 3.81. The van der Waals surface area contributed by atoms with Crippen LogP contribution in [0.4, 0.5) is 18.9 Å². The summed E-state index contributed by atoms with van der Waals surface area (Å²) in [4.78, 5) is 0. The molecule has 0 saturated carbocycles. The van der Waals surface area contributed by atoms with Gasteiger partial charge in [0.2, 0.25) is 0 Å². The summed E-state index contributed by atoms with van der Waals surface area (Å²) < 4.78 is 37.8. The molecule has 1 nitrogen and oxygen atoms in total. The van der Waals surface area contributed by atoms with E-state index in [4.69, 9.17) is 11.6 Å². The van der Waals surface area contributed by atoms with Crippen LogP contribution in [0.3, 0.4) is 0 Å². The van der Waals surface area contributed by atoms with Crippen LogP contribution in [-0.4, -0.2) is 11.4 Å². The molecule has 18 heavy (non-hydrogen) atoms. The minimum atomic E-state index is -4.32. The first kappa shape index (κ1) is 15.6. The van der Waals surface area contributed by atoms with Crippen molar-refractivity contribution in [2.75, 3.05) is 5.32 Å². The van der Waals surface area contributed by atoms with E-state index in [-0.39, 0.29) is 11.4 Å². The summed E-state index contributed by atoms with van der Waals surface area (Å²) in [7, 11) is 0. The predicted molar refractivity (Wildman–Crippen MR) is 72.2 cm³/mol. The second kappa shape index (κ2) is 6.15. The van der Waals surface area contributed by atoms with Crippen molar-refractivity contribution in [3.05, 3.63) is 28.2 Å². The Morgan fingerprint density at radius 2 is 1.94 bits per heavy atom. The zero-order chi connectivity index (χ0) is 13.9. The van der Waals surface area contributed by atoms with Crippen LogP contribution in [0.25, 0.3) is 0 Å². The van der Waals surface area contributed by atoms with E-state index < -0.39 is 11.7 Å². The Labute approximate surface area is 118 Å². The molecule has 1 aromatic carbocycles. The van der Waals surface area contributed by atoms with Crippen LogP contribution in [0.2, 0.25) is 0 Å². The first-order chi connectivity index (χ1) is 8.20. The standard InChI is InChI=1S/C12H14BrClF3N/c1-7(14)5-8(2)18-11-4-3-9(6-10(11)13)12(15,16)17/h3-4,6-8,18H,5H2,1-2H3. The van der Waals surface area contributed by atoms with Crippen LogP contribution in [0.1, 0.15) is 25.8 Å². The average molecular weight is 345 g/mol. The molecule has 6 heteroatoms. The lowest BCUT2D eigenvalue weighted by Crippen LogP contribution is -2.19. The smallest absolute Gasteiger partial charge is 0.382 e. The number of hydrogen-bond donors (Lipinski definition) is 1. The number of benzene rings is 1. The van der Waals surface area contributed by atoms with Gasteiger partial charge in [0, 0.05) is 21.6 Å². The Morgan fingerprint density at radius 3 is 2.39 bits per heavy atom. The number of alkyl halides is 4. The van der Waals surface area contributed by atoms with Crippen molar-refractivity contribution >= 4 is 33.2 Å². The van der Waals surface area contributed by atoms with Gasteiger partial charge in [-0.05, 0) is 54.4 Å². The van der Waals surface area contributed by atoms with Gasteiger partial charge in [0.1, 0.15) is 0 Å². The van der Waals surface area contributed by atoms with Gasteiger partial charge in [-0.25, -0.2) is 0 Å². The van der Waals surface area contributed by atoms with E-state index in [0.717, 1.165) is 18.6 Å². The minimum absolute atomic E-state index is 0.0146. The number of anilines is 1. The lowest BCUT2D eigenvalue weighted by molar-refractivity contribution is -0.137. The molecule has 1 rings (SSSR count). The first-order valence-electron chi connectivity index (χ1n) is 5.47. The fraction of sp³-hybridized carbons (Fsp3) is 0.500. The van der Waals surface area contributed by atoms with E-state index >= 15 is 0 Å². The van der Waals surface area contributed by atoms with Crippen LogP contribution < -0.4 is 5.32 Å². The topological polar surface area (TPSA) is 12.0 Å². The number of rotatable bonds is 4. The molecular weight excluding hydrogens is 330 g/mol. The SMILES string of the molecule is CC(Cl)CC(C)Nc1ccc(C(F)(F)F)cc1Br. The normalized spacial score (nSPS) is 15.3. The summed E-state index contributed by atoms with van der Waals surface area (Å²) in [6, 6.07) is 3.64. The maximum atomic E-state index is 12.5. The molecular formula is C12H14BrClF3N. The van der Waals surface area contributed by atoms with Crippen molar-refractivity contribution < 1.29 is 13.2 Å². The van der Waals surface area contributed by atoms with Gasteiger partial charge in [0.05, 0.1) is 5.56 Å². The fourth-order valence-electron chi connectivity index (χ4n) is 1.62. The van der Waals surface area contributed by atoms with Crippen LogP contribution in [-0.2, 0) is 6.18 Å². The Kier molecular flexibility index (Phi) is 5.34. The van der Waals surface area contributed by atoms with Gasteiger partial charge in [-0.15, -0.1) is 11.6 Å². The second-order valence-corrected chi connectivity index (χ2v) is 5.85. The van der Waals surface area contributed by atoms with Crippen molar-refractivity contribution in [2.45, 2.75) is 37.9 Å². The zero-order valence-electron chi connectivity index (χ0n) is 9.98. The molecule has 0 saturated heterocycles. The summed E-state index contributed by atoms with van der Waals surface area (Å²) in [6.07, 6.45) is -3.59. The van der Waals surface area contributed by atoms with Crippen molar-refractivity contribution in [1.29, 1.82) is 0 Å². The molecule has 0 radical (unpaired) electrons. The van der Waals surface area contributed by atoms with Crippen LogP contribution in [0.5, 0.6) is 0 Å². The number of nitrogens with one attached hydrogen (secondary N) is 1. The van der Waals surface area contributed by atoms with Gasteiger partial charge < -0.3 is 5.32 Å². The maximum Gasteiger partial charge on any atom is 0.416 e. The van der Waals surface area contributed by atoms with E-state index in [1.54, 1.807) is 0 Å². The highest BCUT2D eigenvalue weighted by Crippen LogP contribution is 2.34. The predicted octanol–water partition coefficient (Wildman–Crippen LogP) is 5.29. The van der Waals surface area contributed by atoms with Crippen molar-refractivity contribution in [3.63, 3.8) is 0 Å². The third-order valence-corrected chi connectivity index (χ3v) is 3.21. The molecule has 1 N–H and O–H groups in total. The van der Waals surface area contributed by atoms with Gasteiger partial charge in [0.15, 0.2) is 0 Å². The molecule has 0 fully saturated rings. The Bertz CT molecular complexity index is 407. The highest BCUT2D eigenvalue weighted by molar-refractivity contribution is 9.10. The molecule has 0 spiro atoms. The molecule has 0 aliphatic heterocycles. The third kappa shape index (κ3) is 4.69. The third-order valence-electron chi connectivity index (χ3n) is 2.38. The molecule has 0 aliphatic carbocycles. The van der Waals surface area contributed by atoms with Crippen LogP contribution >= 0.6 is 27.5 Å². The highest BCUT2D eigenvalue weighted by atomic mass is 79.9. The van der Waals surface area contributed by atoms with Crippen LogP contribution in [0.15, 0.2) is 22.7 Å². The van der Waals surface area contributed by atoms with Gasteiger partial charge >= 0.3 is 6.18 Å². The summed E-state index contributed by atoms with van der Waals surface area (Å²) >= 11 is 9.00. The number of halogens is 5. The monoisotopic (exact) mass is 343 g/mol. The largest absolute Gasteiger partial charge is 0.416 e. The van der Waals surface area contributed by atoms with E-state index in [2.05, 4.69) is 21.2 Å². The molecule has 0 aliphatic rings. The molecule has 0 aromatic heterocycles. The Morgan fingerprint density at radius 1 is 1.33 bits per heavy atom. The number of hydrogen-bond acceptors (Lipinski definition) is 1. The van der Waals surface area contributed by atoms with Gasteiger partial charge in [0.25, 0.3) is 0 Å². The molecule has 0 heterocycles. The van der Waals surface area contributed by atoms with Crippen molar-refractivity contribution in [3.8, 4) is 0 Å². The summed E-state index contributed by atoms with van der Waals surface area (Å²) in [5.41, 5.74) is -0.0360. The van der Waals surface area contributed by atoms with E-state index in [1.165, 1.54) is 6.07 Å². The highest BCUT2D eigenvalue weighted by Gasteiger charge is 2.30. The molecule has 102 valence electrons. The molecule has 0 bridgehead atoms. The lowest BCUT2D eigenvalue weighted by Gasteiger charge is -2.18. The molecule has 2 atom stereocenters. The van der Waals surface area contributed by atoms with Crippen molar-refractivity contribution in [2.24, 2.45) is 0 Å².